The van der Waals surface area contributed by atoms with Gasteiger partial charge in [-0.15, -0.1) is 0 Å². The topological polar surface area (TPSA) is 75.1 Å². The smallest absolute Gasteiger partial charge is 0.261 e. The third-order valence-electron chi connectivity index (χ3n) is 4.55. The zero-order valence-corrected chi connectivity index (χ0v) is 14.9. The van der Waals surface area contributed by atoms with E-state index in [9.17, 15) is 9.59 Å². The minimum atomic E-state index is -0.365. The van der Waals surface area contributed by atoms with E-state index < -0.39 is 0 Å². The predicted octanol–water partition coefficient (Wildman–Crippen LogP) is 3.54. The van der Waals surface area contributed by atoms with Gasteiger partial charge >= 0.3 is 0 Å². The van der Waals surface area contributed by atoms with Gasteiger partial charge in [-0.3, -0.25) is 9.59 Å². The number of H-pyrrole nitrogens is 1. The lowest BCUT2D eigenvalue weighted by Gasteiger charge is -2.15. The Balaban J connectivity index is 1.70. The van der Waals surface area contributed by atoms with E-state index >= 15 is 0 Å². The van der Waals surface area contributed by atoms with Crippen LogP contribution in [0.15, 0.2) is 64.0 Å². The highest BCUT2D eigenvalue weighted by molar-refractivity contribution is 5.94. The Kier molecular flexibility index (Phi) is 5.37. The van der Waals surface area contributed by atoms with Gasteiger partial charge in [0.2, 0.25) is 0 Å². The molecule has 1 aromatic carbocycles. The molecule has 3 aromatic rings. The highest BCUT2D eigenvalue weighted by Crippen LogP contribution is 2.27. The first-order valence-electron chi connectivity index (χ1n) is 8.63. The molecule has 0 spiro atoms. The van der Waals surface area contributed by atoms with E-state index in [4.69, 9.17) is 4.42 Å². The normalized spacial score (nSPS) is 11.9. The SMILES string of the molecule is Cc1cc(C(=O)NCC[C@@H](c2ccccc2)c2ccco2)c(=O)[nH]c1C. The maximum absolute atomic E-state index is 12.4. The number of hydrogen-bond donors (Lipinski definition) is 2. The summed E-state index contributed by atoms with van der Waals surface area (Å²) < 4.78 is 5.57. The second-order valence-electron chi connectivity index (χ2n) is 6.34. The zero-order valence-electron chi connectivity index (χ0n) is 14.9. The molecule has 2 aromatic heterocycles. The van der Waals surface area contributed by atoms with E-state index in [-0.39, 0.29) is 22.9 Å². The monoisotopic (exact) mass is 350 g/mol. The molecule has 2 heterocycles. The molecule has 0 saturated heterocycles. The molecule has 5 nitrogen and oxygen atoms in total. The molecule has 0 aliphatic heterocycles. The van der Waals surface area contributed by atoms with Gasteiger partial charge in [0.25, 0.3) is 11.5 Å². The lowest BCUT2D eigenvalue weighted by Crippen LogP contribution is -2.31. The van der Waals surface area contributed by atoms with Crippen LogP contribution < -0.4 is 10.9 Å². The van der Waals surface area contributed by atoms with Gasteiger partial charge in [-0.05, 0) is 49.6 Å². The van der Waals surface area contributed by atoms with Crippen molar-refractivity contribution in [1.29, 1.82) is 0 Å². The lowest BCUT2D eigenvalue weighted by atomic mass is 9.93. The van der Waals surface area contributed by atoms with Gasteiger partial charge in [-0.1, -0.05) is 30.3 Å². The largest absolute Gasteiger partial charge is 0.469 e. The molecule has 0 unspecified atom stereocenters. The van der Waals surface area contributed by atoms with Crippen LogP contribution in [0.4, 0.5) is 0 Å². The number of furan rings is 1. The fourth-order valence-electron chi connectivity index (χ4n) is 2.97. The van der Waals surface area contributed by atoms with Gasteiger partial charge < -0.3 is 14.7 Å². The van der Waals surface area contributed by atoms with Gasteiger partial charge in [0.05, 0.1) is 6.26 Å². The number of aromatic nitrogens is 1. The van der Waals surface area contributed by atoms with Crippen molar-refractivity contribution in [2.75, 3.05) is 6.54 Å². The van der Waals surface area contributed by atoms with E-state index in [1.165, 1.54) is 0 Å². The number of benzene rings is 1. The summed E-state index contributed by atoms with van der Waals surface area (Å²) in [5, 5.41) is 2.85. The van der Waals surface area contributed by atoms with Crippen LogP contribution in [0.2, 0.25) is 0 Å². The average Bonchev–Trinajstić information content (AvgIpc) is 3.16. The van der Waals surface area contributed by atoms with Crippen molar-refractivity contribution < 1.29 is 9.21 Å². The highest BCUT2D eigenvalue weighted by Gasteiger charge is 2.18. The molecule has 26 heavy (non-hydrogen) atoms. The van der Waals surface area contributed by atoms with Crippen molar-refractivity contribution in [3.05, 3.63) is 93.3 Å². The van der Waals surface area contributed by atoms with Crippen molar-refractivity contribution in [2.24, 2.45) is 0 Å². The molecule has 1 amide bonds. The van der Waals surface area contributed by atoms with E-state index in [0.29, 0.717) is 13.0 Å². The Morgan fingerprint density at radius 3 is 2.62 bits per heavy atom. The number of aromatic amines is 1. The van der Waals surface area contributed by atoms with Gasteiger partial charge in [0.1, 0.15) is 11.3 Å². The van der Waals surface area contributed by atoms with Crippen LogP contribution in [0.1, 0.15) is 45.3 Å². The minimum absolute atomic E-state index is 0.0459. The number of carbonyl (C=O) groups is 1. The summed E-state index contributed by atoms with van der Waals surface area (Å²) >= 11 is 0. The number of pyridine rings is 1. The highest BCUT2D eigenvalue weighted by atomic mass is 16.3. The van der Waals surface area contributed by atoms with Crippen molar-refractivity contribution in [3.8, 4) is 0 Å². The second kappa shape index (κ2) is 7.87. The van der Waals surface area contributed by atoms with Gasteiger partial charge in [0.15, 0.2) is 0 Å². The average molecular weight is 350 g/mol. The summed E-state index contributed by atoms with van der Waals surface area (Å²) in [6.45, 7) is 4.11. The summed E-state index contributed by atoms with van der Waals surface area (Å²) in [5.41, 5.74) is 2.56. The number of hydrogen-bond acceptors (Lipinski definition) is 3. The van der Waals surface area contributed by atoms with Crippen LogP contribution in [0.3, 0.4) is 0 Å². The van der Waals surface area contributed by atoms with Crippen LogP contribution in [-0.4, -0.2) is 17.4 Å². The zero-order chi connectivity index (χ0) is 18.5. The standard InChI is InChI=1S/C21H22N2O3/c1-14-13-18(21(25)23-15(14)2)20(24)22-11-10-17(19-9-6-12-26-19)16-7-4-3-5-8-16/h3-9,12-13,17H,10-11H2,1-2H3,(H,22,24)(H,23,25)/t17-/m0/s1. The summed E-state index contributed by atoms with van der Waals surface area (Å²) in [7, 11) is 0. The molecule has 2 N–H and O–H groups in total. The van der Waals surface area contributed by atoms with E-state index in [0.717, 1.165) is 22.6 Å². The Morgan fingerprint density at radius 1 is 1.15 bits per heavy atom. The molecule has 0 fully saturated rings. The summed E-state index contributed by atoms with van der Waals surface area (Å²) in [5.74, 6) is 0.541. The first-order valence-corrected chi connectivity index (χ1v) is 8.63. The van der Waals surface area contributed by atoms with Crippen LogP contribution in [0.5, 0.6) is 0 Å². The molecule has 0 bridgehead atoms. The first-order chi connectivity index (χ1) is 12.6. The quantitative estimate of drug-likeness (QED) is 0.714. The molecule has 0 saturated carbocycles. The number of carbonyl (C=O) groups excluding carboxylic acids is 1. The fourth-order valence-corrected chi connectivity index (χ4v) is 2.97. The van der Waals surface area contributed by atoms with E-state index in [2.05, 4.69) is 10.3 Å². The van der Waals surface area contributed by atoms with Crippen LogP contribution in [-0.2, 0) is 0 Å². The van der Waals surface area contributed by atoms with Crippen molar-refractivity contribution >= 4 is 5.91 Å². The molecular weight excluding hydrogens is 328 g/mol. The molecule has 1 atom stereocenters. The third-order valence-corrected chi connectivity index (χ3v) is 4.55. The first kappa shape index (κ1) is 17.7. The Labute approximate surface area is 152 Å². The Bertz CT molecular complexity index is 928. The van der Waals surface area contributed by atoms with Crippen molar-refractivity contribution in [3.63, 3.8) is 0 Å². The Hall–Kier alpha value is -3.08. The molecular formula is C21H22N2O3. The van der Waals surface area contributed by atoms with E-state index in [1.54, 1.807) is 12.3 Å². The van der Waals surface area contributed by atoms with Crippen molar-refractivity contribution in [1.82, 2.24) is 10.3 Å². The molecule has 3 rings (SSSR count). The number of rotatable bonds is 6. The third kappa shape index (κ3) is 3.94. The van der Waals surface area contributed by atoms with Crippen molar-refractivity contribution in [2.45, 2.75) is 26.2 Å². The van der Waals surface area contributed by atoms with Crippen LogP contribution in [0, 0.1) is 13.8 Å². The lowest BCUT2D eigenvalue weighted by molar-refractivity contribution is 0.0951. The minimum Gasteiger partial charge on any atom is -0.469 e. The predicted molar refractivity (Wildman–Crippen MR) is 100 cm³/mol. The van der Waals surface area contributed by atoms with E-state index in [1.807, 2.05) is 56.3 Å². The maximum atomic E-state index is 12.4. The fraction of sp³-hybridized carbons (Fsp3) is 0.238. The summed E-state index contributed by atoms with van der Waals surface area (Å²) in [4.78, 5) is 27.1. The molecule has 5 heteroatoms. The van der Waals surface area contributed by atoms with Gasteiger partial charge in [-0.2, -0.15) is 0 Å². The van der Waals surface area contributed by atoms with Crippen LogP contribution in [0.25, 0.3) is 0 Å². The molecule has 134 valence electrons. The summed E-state index contributed by atoms with van der Waals surface area (Å²) in [6.07, 6.45) is 2.32. The van der Waals surface area contributed by atoms with Gasteiger partial charge in [-0.25, -0.2) is 0 Å². The Morgan fingerprint density at radius 2 is 1.92 bits per heavy atom. The molecule has 0 aliphatic rings. The van der Waals surface area contributed by atoms with Crippen LogP contribution >= 0.6 is 0 Å². The molecule has 0 radical (unpaired) electrons. The van der Waals surface area contributed by atoms with Gasteiger partial charge in [0, 0.05) is 18.2 Å². The number of aryl methyl sites for hydroxylation is 2. The number of nitrogens with one attached hydrogen (secondary N) is 2. The number of amides is 1. The maximum Gasteiger partial charge on any atom is 0.261 e. The summed E-state index contributed by atoms with van der Waals surface area (Å²) in [6, 6.07) is 15.5. The molecule has 0 aliphatic carbocycles. The second-order valence-corrected chi connectivity index (χ2v) is 6.34.